The minimum absolute atomic E-state index is 0.156. The Bertz CT molecular complexity index is 1340. The number of imidazole rings is 1. The Balaban J connectivity index is 0.000000575. The van der Waals surface area contributed by atoms with E-state index in [-0.39, 0.29) is 27.2 Å². The van der Waals surface area contributed by atoms with Gasteiger partial charge in [0.25, 0.3) is 11.1 Å². The molecule has 0 amide bonds. The number of hydrogen-bond donors (Lipinski definition) is 5. The minimum Gasteiger partial charge on any atom is -0.348 e. The molecular formula is C19H22N4O6S. The summed E-state index contributed by atoms with van der Waals surface area (Å²) in [5.74, 6) is 0. The molecule has 0 aliphatic heterocycles. The van der Waals surface area contributed by atoms with Crippen LogP contribution in [0, 0.1) is 0 Å². The maximum absolute atomic E-state index is 12.4. The summed E-state index contributed by atoms with van der Waals surface area (Å²) in [4.78, 5) is 37.3. The van der Waals surface area contributed by atoms with Gasteiger partial charge < -0.3 is 15.0 Å². The van der Waals surface area contributed by atoms with Crippen molar-refractivity contribution in [3.63, 3.8) is 0 Å². The zero-order chi connectivity index (χ0) is 22.5. The van der Waals surface area contributed by atoms with Gasteiger partial charge in [0.2, 0.25) is 0 Å². The van der Waals surface area contributed by atoms with Gasteiger partial charge in [0, 0.05) is 11.1 Å². The summed E-state index contributed by atoms with van der Waals surface area (Å²) in [5.41, 5.74) is 1.48. The number of nitrogens with zero attached hydrogens (tertiary/aromatic N) is 1. The molecule has 1 aromatic carbocycles. The summed E-state index contributed by atoms with van der Waals surface area (Å²) >= 11 is 0. The first-order chi connectivity index (χ1) is 13.8. The first-order valence-corrected chi connectivity index (χ1v) is 10.1. The Labute approximate surface area is 171 Å². The predicted molar refractivity (Wildman–Crippen MR) is 112 cm³/mol. The van der Waals surface area contributed by atoms with E-state index in [0.29, 0.717) is 5.69 Å². The van der Waals surface area contributed by atoms with Crippen LogP contribution in [0.15, 0.2) is 46.2 Å². The fraction of sp³-hybridized carbons (Fsp3) is 0.211. The van der Waals surface area contributed by atoms with E-state index >= 15 is 0 Å². The Morgan fingerprint density at radius 3 is 1.93 bits per heavy atom. The highest BCUT2D eigenvalue weighted by Gasteiger charge is 2.19. The molecule has 0 unspecified atom stereocenters. The lowest BCUT2D eigenvalue weighted by molar-refractivity contribution is 0.381. The fourth-order valence-corrected chi connectivity index (χ4v) is 2.56. The molecular weight excluding hydrogens is 412 g/mol. The Kier molecular flexibility index (Phi) is 6.92. The average Bonchev–Trinajstić information content (AvgIpc) is 3.07. The quantitative estimate of drug-likeness (QED) is 0.356. The van der Waals surface area contributed by atoms with Crippen molar-refractivity contribution in [1.29, 1.82) is 0 Å². The molecule has 0 saturated heterocycles. The second-order valence-corrected chi connectivity index (χ2v) is 8.19. The molecule has 0 bridgehead atoms. The Morgan fingerprint density at radius 2 is 1.43 bits per heavy atom. The van der Waals surface area contributed by atoms with Gasteiger partial charge in [-0.1, -0.05) is 51.1 Å². The van der Waals surface area contributed by atoms with Crippen LogP contribution in [0.3, 0.4) is 0 Å². The summed E-state index contributed by atoms with van der Waals surface area (Å²) in [5, 5.41) is 0.388. The van der Waals surface area contributed by atoms with Gasteiger partial charge in [0.1, 0.15) is 10.7 Å². The lowest BCUT2D eigenvalue weighted by Gasteiger charge is -2.16. The molecule has 0 atom stereocenters. The first kappa shape index (κ1) is 23.0. The molecule has 160 valence electrons. The summed E-state index contributed by atoms with van der Waals surface area (Å²) in [6, 6.07) is 9.34. The number of H-pyrrole nitrogens is 3. The predicted octanol–water partition coefficient (Wildman–Crippen LogP) is 0.0886. The summed E-state index contributed by atoms with van der Waals surface area (Å²) in [7, 11) is -4.67. The van der Waals surface area contributed by atoms with Crippen LogP contribution < -0.4 is 21.8 Å². The number of rotatable bonds is 2. The average molecular weight is 434 g/mol. The van der Waals surface area contributed by atoms with Gasteiger partial charge in [-0.3, -0.25) is 18.7 Å². The molecule has 30 heavy (non-hydrogen) atoms. The third-order valence-corrected chi connectivity index (χ3v) is 3.80. The molecule has 5 N–H and O–H groups in total. The summed E-state index contributed by atoms with van der Waals surface area (Å²) in [6.07, 6.45) is 4.80. The third kappa shape index (κ3) is 6.95. The van der Waals surface area contributed by atoms with E-state index in [1.54, 1.807) is 18.5 Å². The molecule has 2 aromatic heterocycles. The van der Waals surface area contributed by atoms with E-state index in [2.05, 4.69) is 19.9 Å². The Morgan fingerprint density at radius 1 is 0.933 bits per heavy atom. The Hall–Kier alpha value is -3.28. The highest BCUT2D eigenvalue weighted by Crippen LogP contribution is 2.22. The van der Waals surface area contributed by atoms with E-state index in [4.69, 9.17) is 17.5 Å². The molecule has 0 saturated carbocycles. The minimum atomic E-state index is -4.67. The van der Waals surface area contributed by atoms with Crippen molar-refractivity contribution >= 4 is 22.6 Å². The van der Waals surface area contributed by atoms with Gasteiger partial charge in [-0.05, 0) is 17.7 Å². The normalized spacial score (nSPS) is 13.1. The largest absolute Gasteiger partial charge is 0.394 e. The zero-order valence-electron chi connectivity index (χ0n) is 16.5. The number of hydrogen-bond acceptors (Lipinski definition) is 5. The van der Waals surface area contributed by atoms with Gasteiger partial charge in [-0.25, -0.2) is 4.98 Å². The van der Waals surface area contributed by atoms with E-state index in [1.165, 1.54) is 0 Å². The lowest BCUT2D eigenvalue weighted by Crippen LogP contribution is -2.46. The van der Waals surface area contributed by atoms with Crippen molar-refractivity contribution in [2.24, 2.45) is 0 Å². The van der Waals surface area contributed by atoms with Crippen molar-refractivity contribution < 1.29 is 17.5 Å². The van der Waals surface area contributed by atoms with E-state index in [1.807, 2.05) is 51.1 Å². The number of benzene rings is 1. The molecule has 0 aliphatic carbocycles. The van der Waals surface area contributed by atoms with Crippen LogP contribution in [-0.4, -0.2) is 37.5 Å². The molecule has 2 heterocycles. The molecule has 11 heteroatoms. The standard InChI is InChI=1S/C19H20N4O2.H2O4S/c1-19(2,3)16-13(20-11-21-16)10-15-18(25)22-14(17(24)23-15)9-12-7-5-4-6-8-12;1-5(2,3)4/h4-11H,1-3H3,(H,20,21)(H,22,25)(H,23,24);(H2,1,2,3,4). The van der Waals surface area contributed by atoms with Crippen molar-refractivity contribution in [3.05, 3.63) is 85.0 Å². The van der Waals surface area contributed by atoms with Crippen molar-refractivity contribution in [3.8, 4) is 0 Å². The SMILES string of the molecule is CC(C)(C)c1[nH]cnc1C=c1[nH]c(=O)c(=Cc2ccccc2)[nH]c1=O.O=S(=O)(O)O. The van der Waals surface area contributed by atoms with Gasteiger partial charge >= 0.3 is 10.4 Å². The van der Waals surface area contributed by atoms with Crippen molar-refractivity contribution in [2.45, 2.75) is 26.2 Å². The molecule has 0 fully saturated rings. The third-order valence-electron chi connectivity index (χ3n) is 3.80. The fourth-order valence-electron chi connectivity index (χ4n) is 2.56. The summed E-state index contributed by atoms with van der Waals surface area (Å²) < 4.78 is 31.6. The maximum atomic E-state index is 12.4. The van der Waals surface area contributed by atoms with Gasteiger partial charge in [-0.2, -0.15) is 8.42 Å². The number of aromatic nitrogens is 4. The second kappa shape index (κ2) is 9.03. The van der Waals surface area contributed by atoms with Crippen molar-refractivity contribution in [2.75, 3.05) is 0 Å². The van der Waals surface area contributed by atoms with Crippen LogP contribution in [0.5, 0.6) is 0 Å². The molecule has 3 rings (SSSR count). The molecule has 0 aliphatic rings. The zero-order valence-corrected chi connectivity index (χ0v) is 17.3. The van der Waals surface area contributed by atoms with E-state index < -0.39 is 10.4 Å². The lowest BCUT2D eigenvalue weighted by atomic mass is 9.90. The maximum Gasteiger partial charge on any atom is 0.394 e. The van der Waals surface area contributed by atoms with Crippen LogP contribution in [0.4, 0.5) is 0 Å². The number of nitrogens with one attached hydrogen (secondary N) is 3. The highest BCUT2D eigenvalue weighted by molar-refractivity contribution is 7.79. The van der Waals surface area contributed by atoms with Gasteiger partial charge in [0.15, 0.2) is 0 Å². The van der Waals surface area contributed by atoms with Crippen LogP contribution in [-0.2, 0) is 15.8 Å². The van der Waals surface area contributed by atoms with Gasteiger partial charge in [-0.15, -0.1) is 0 Å². The monoisotopic (exact) mass is 434 g/mol. The van der Waals surface area contributed by atoms with E-state index in [9.17, 15) is 9.59 Å². The van der Waals surface area contributed by atoms with Crippen LogP contribution >= 0.6 is 0 Å². The topological polar surface area (TPSA) is 169 Å². The second-order valence-electron chi connectivity index (χ2n) is 7.30. The molecule has 10 nitrogen and oxygen atoms in total. The first-order valence-electron chi connectivity index (χ1n) is 8.69. The van der Waals surface area contributed by atoms with Crippen LogP contribution in [0.2, 0.25) is 0 Å². The van der Waals surface area contributed by atoms with E-state index in [0.717, 1.165) is 11.3 Å². The molecule has 0 radical (unpaired) electrons. The highest BCUT2D eigenvalue weighted by atomic mass is 32.3. The van der Waals surface area contributed by atoms with Crippen molar-refractivity contribution in [1.82, 2.24) is 19.9 Å². The van der Waals surface area contributed by atoms with Crippen LogP contribution in [0.1, 0.15) is 37.7 Å². The summed E-state index contributed by atoms with van der Waals surface area (Å²) in [6.45, 7) is 6.13. The molecule has 0 spiro atoms. The molecule has 3 aromatic rings. The number of aromatic amines is 3. The van der Waals surface area contributed by atoms with Gasteiger partial charge in [0.05, 0.1) is 12.0 Å². The smallest absolute Gasteiger partial charge is 0.348 e. The van der Waals surface area contributed by atoms with Crippen LogP contribution in [0.25, 0.3) is 12.2 Å².